The number of nitrogens with two attached hydrogens (primary N) is 1. The molecule has 2 rings (SSSR count). The Morgan fingerprint density at radius 3 is 2.70 bits per heavy atom. The summed E-state index contributed by atoms with van der Waals surface area (Å²) in [6.07, 6.45) is 3.61. The van der Waals surface area contributed by atoms with Gasteiger partial charge in [-0.1, -0.05) is 6.07 Å². The molecule has 0 radical (unpaired) electrons. The number of fused-ring (bicyclic) bond motifs is 1. The van der Waals surface area contributed by atoms with Gasteiger partial charge in [0.15, 0.2) is 0 Å². The number of aryl methyl sites for hydroxylation is 1. The van der Waals surface area contributed by atoms with Crippen molar-refractivity contribution in [3.8, 4) is 5.75 Å². The topological polar surface area (TPSA) is 38.5 Å². The predicted molar refractivity (Wildman–Crippen MR) is 86.8 cm³/mol. The van der Waals surface area contributed by atoms with Crippen molar-refractivity contribution in [2.75, 3.05) is 20.7 Å². The molecule has 0 spiro atoms. The largest absolute Gasteiger partial charge is 0.497 e. The fourth-order valence-corrected chi connectivity index (χ4v) is 3.10. The zero-order chi connectivity index (χ0) is 14.0. The molecule has 1 aromatic carbocycles. The molecular formula is C16H27ClN2O. The number of likely N-dealkylation sites (N-methyl/N-ethyl adjacent to an activating group) is 1. The predicted octanol–water partition coefficient (Wildman–Crippen LogP) is 3.16. The summed E-state index contributed by atoms with van der Waals surface area (Å²) in [5.41, 5.74) is 8.86. The minimum absolute atomic E-state index is 0. The number of ether oxygens (including phenoxy) is 1. The lowest BCUT2D eigenvalue weighted by Crippen LogP contribution is -2.45. The third kappa shape index (κ3) is 4.11. The molecule has 0 bridgehead atoms. The molecule has 3 nitrogen and oxygen atoms in total. The molecule has 114 valence electrons. The average Bonchev–Trinajstić information content (AvgIpc) is 2.35. The Balaban J connectivity index is 0.00000200. The number of halogens is 1. The van der Waals surface area contributed by atoms with Crippen LogP contribution in [0.2, 0.25) is 0 Å². The fraction of sp³-hybridized carbons (Fsp3) is 0.625. The van der Waals surface area contributed by atoms with Crippen molar-refractivity contribution in [2.45, 2.75) is 44.7 Å². The number of nitrogens with zero attached hydrogens (tertiary/aromatic N) is 1. The van der Waals surface area contributed by atoms with Crippen LogP contribution in [-0.2, 0) is 6.42 Å². The number of hydrogen-bond acceptors (Lipinski definition) is 3. The lowest BCUT2D eigenvalue weighted by Gasteiger charge is -2.36. The molecule has 1 unspecified atom stereocenters. The van der Waals surface area contributed by atoms with Crippen molar-refractivity contribution in [3.63, 3.8) is 0 Å². The van der Waals surface area contributed by atoms with Gasteiger partial charge in [0.25, 0.3) is 0 Å². The van der Waals surface area contributed by atoms with Crippen LogP contribution in [0.25, 0.3) is 0 Å². The maximum absolute atomic E-state index is 6.15. The molecule has 0 fully saturated rings. The maximum Gasteiger partial charge on any atom is 0.119 e. The minimum Gasteiger partial charge on any atom is -0.497 e. The van der Waals surface area contributed by atoms with Gasteiger partial charge in [0.1, 0.15) is 5.75 Å². The molecular weight excluding hydrogens is 272 g/mol. The highest BCUT2D eigenvalue weighted by Gasteiger charge is 2.26. The normalized spacial score (nSPS) is 18.4. The number of rotatable bonds is 4. The van der Waals surface area contributed by atoms with Crippen molar-refractivity contribution < 1.29 is 4.74 Å². The van der Waals surface area contributed by atoms with Crippen LogP contribution in [0.3, 0.4) is 0 Å². The summed E-state index contributed by atoms with van der Waals surface area (Å²) >= 11 is 0. The highest BCUT2D eigenvalue weighted by molar-refractivity contribution is 5.85. The van der Waals surface area contributed by atoms with E-state index in [0.29, 0.717) is 6.04 Å². The van der Waals surface area contributed by atoms with E-state index in [2.05, 4.69) is 44.0 Å². The van der Waals surface area contributed by atoms with Gasteiger partial charge in [0.2, 0.25) is 0 Å². The second-order valence-corrected chi connectivity index (χ2v) is 6.38. The van der Waals surface area contributed by atoms with E-state index in [1.807, 2.05) is 0 Å². The first kappa shape index (κ1) is 17.3. The minimum atomic E-state index is -0.154. The first-order chi connectivity index (χ1) is 8.90. The van der Waals surface area contributed by atoms with Gasteiger partial charge in [-0.3, -0.25) is 4.90 Å². The summed E-state index contributed by atoms with van der Waals surface area (Å²) in [4.78, 5) is 2.39. The zero-order valence-electron chi connectivity index (χ0n) is 13.0. The summed E-state index contributed by atoms with van der Waals surface area (Å²) in [7, 11) is 3.91. The van der Waals surface area contributed by atoms with E-state index < -0.39 is 0 Å². The molecule has 0 saturated carbocycles. The maximum atomic E-state index is 6.15. The van der Waals surface area contributed by atoms with Crippen LogP contribution in [0, 0.1) is 0 Å². The van der Waals surface area contributed by atoms with E-state index in [0.717, 1.165) is 18.7 Å². The molecule has 1 aromatic rings. The van der Waals surface area contributed by atoms with Gasteiger partial charge in [0, 0.05) is 18.1 Å². The van der Waals surface area contributed by atoms with Crippen molar-refractivity contribution in [1.82, 2.24) is 4.90 Å². The van der Waals surface area contributed by atoms with Gasteiger partial charge in [-0.05, 0) is 63.4 Å². The first-order valence-electron chi connectivity index (χ1n) is 7.06. The standard InChI is InChI=1S/C16H26N2O.ClH/c1-16(2,17)11-18(3)15-7-5-6-12-10-13(19-4)8-9-14(12)15;/h8-10,15H,5-7,11,17H2,1-4H3;1H. The van der Waals surface area contributed by atoms with Crippen LogP contribution in [-0.4, -0.2) is 31.1 Å². The molecule has 20 heavy (non-hydrogen) atoms. The van der Waals surface area contributed by atoms with Crippen molar-refractivity contribution in [2.24, 2.45) is 5.73 Å². The third-order valence-electron chi connectivity index (χ3n) is 3.82. The molecule has 0 heterocycles. The van der Waals surface area contributed by atoms with Gasteiger partial charge in [-0.25, -0.2) is 0 Å². The summed E-state index contributed by atoms with van der Waals surface area (Å²) in [5, 5.41) is 0. The van der Waals surface area contributed by atoms with Gasteiger partial charge < -0.3 is 10.5 Å². The Kier molecular flexibility index (Phi) is 5.87. The van der Waals surface area contributed by atoms with Crippen LogP contribution in [0.15, 0.2) is 18.2 Å². The van der Waals surface area contributed by atoms with Crippen molar-refractivity contribution >= 4 is 12.4 Å². The van der Waals surface area contributed by atoms with E-state index in [4.69, 9.17) is 10.5 Å². The Morgan fingerprint density at radius 1 is 1.40 bits per heavy atom. The molecule has 0 amide bonds. The van der Waals surface area contributed by atoms with Gasteiger partial charge in [-0.15, -0.1) is 12.4 Å². The Morgan fingerprint density at radius 2 is 2.10 bits per heavy atom. The van der Waals surface area contributed by atoms with E-state index in [1.54, 1.807) is 7.11 Å². The van der Waals surface area contributed by atoms with Gasteiger partial charge in [-0.2, -0.15) is 0 Å². The molecule has 0 saturated heterocycles. The monoisotopic (exact) mass is 298 g/mol. The molecule has 1 atom stereocenters. The van der Waals surface area contributed by atoms with E-state index in [9.17, 15) is 0 Å². The number of benzene rings is 1. The molecule has 2 N–H and O–H groups in total. The highest BCUT2D eigenvalue weighted by Crippen LogP contribution is 2.35. The second-order valence-electron chi connectivity index (χ2n) is 6.38. The Bertz CT molecular complexity index is 443. The smallest absolute Gasteiger partial charge is 0.119 e. The SMILES string of the molecule is COc1ccc2c(c1)CCCC2N(C)CC(C)(C)N.Cl. The Hall–Kier alpha value is -0.770. The van der Waals surface area contributed by atoms with Gasteiger partial charge in [0.05, 0.1) is 7.11 Å². The highest BCUT2D eigenvalue weighted by atomic mass is 35.5. The van der Waals surface area contributed by atoms with E-state index in [-0.39, 0.29) is 17.9 Å². The summed E-state index contributed by atoms with van der Waals surface area (Å²) in [6.45, 7) is 5.08. The van der Waals surface area contributed by atoms with Gasteiger partial charge >= 0.3 is 0 Å². The lowest BCUT2D eigenvalue weighted by molar-refractivity contribution is 0.185. The molecule has 0 aliphatic heterocycles. The fourth-order valence-electron chi connectivity index (χ4n) is 3.10. The van der Waals surface area contributed by atoms with Crippen molar-refractivity contribution in [1.29, 1.82) is 0 Å². The third-order valence-corrected chi connectivity index (χ3v) is 3.82. The molecule has 1 aliphatic rings. The molecule has 1 aliphatic carbocycles. The van der Waals surface area contributed by atoms with Crippen LogP contribution in [0.5, 0.6) is 5.75 Å². The van der Waals surface area contributed by atoms with Crippen LogP contribution < -0.4 is 10.5 Å². The summed E-state index contributed by atoms with van der Waals surface area (Å²) in [6, 6.07) is 6.96. The van der Waals surface area contributed by atoms with E-state index >= 15 is 0 Å². The first-order valence-corrected chi connectivity index (χ1v) is 7.06. The average molecular weight is 299 g/mol. The number of methoxy groups -OCH3 is 1. The van der Waals surface area contributed by atoms with Crippen LogP contribution >= 0.6 is 12.4 Å². The second kappa shape index (κ2) is 6.79. The zero-order valence-corrected chi connectivity index (χ0v) is 13.8. The molecule has 4 heteroatoms. The quantitative estimate of drug-likeness (QED) is 0.928. The van der Waals surface area contributed by atoms with Crippen LogP contribution in [0.1, 0.15) is 43.9 Å². The van der Waals surface area contributed by atoms with E-state index in [1.165, 1.54) is 24.0 Å². The summed E-state index contributed by atoms with van der Waals surface area (Å²) in [5.74, 6) is 0.959. The lowest BCUT2D eigenvalue weighted by atomic mass is 9.86. The molecule has 0 aromatic heterocycles. The number of hydrogen-bond donors (Lipinski definition) is 1. The Labute approximate surface area is 128 Å². The van der Waals surface area contributed by atoms with Crippen molar-refractivity contribution in [3.05, 3.63) is 29.3 Å². The summed E-state index contributed by atoms with van der Waals surface area (Å²) < 4.78 is 5.32. The van der Waals surface area contributed by atoms with Crippen LogP contribution in [0.4, 0.5) is 0 Å².